The number of hydrogen-bond acceptors (Lipinski definition) is 4. The molecule has 0 fully saturated rings. The lowest BCUT2D eigenvalue weighted by molar-refractivity contribution is -0.120. The second-order valence-electron chi connectivity index (χ2n) is 4.80. The van der Waals surface area contributed by atoms with Gasteiger partial charge in [-0.1, -0.05) is 30.3 Å². The van der Waals surface area contributed by atoms with E-state index in [0.717, 1.165) is 0 Å². The van der Waals surface area contributed by atoms with Gasteiger partial charge < -0.3 is 5.32 Å². The van der Waals surface area contributed by atoms with Crippen LogP contribution in [0.4, 0.5) is 4.39 Å². The van der Waals surface area contributed by atoms with Gasteiger partial charge in [0, 0.05) is 12.1 Å². The number of amides is 1. The van der Waals surface area contributed by atoms with E-state index in [2.05, 4.69) is 10.0 Å². The fourth-order valence-corrected chi connectivity index (χ4v) is 3.07. The molecular weight excluding hydrogens is 333 g/mol. The van der Waals surface area contributed by atoms with Crippen molar-refractivity contribution < 1.29 is 17.6 Å². The molecule has 2 N–H and O–H groups in total. The lowest BCUT2D eigenvalue weighted by atomic mass is 10.2. The second-order valence-corrected chi connectivity index (χ2v) is 6.54. The zero-order valence-corrected chi connectivity index (χ0v) is 13.3. The SMILES string of the molecule is N#Cc1ccccc1S(=O)(=O)NCC(=O)NCc1ccccc1F. The minimum Gasteiger partial charge on any atom is -0.351 e. The van der Waals surface area contributed by atoms with Crippen molar-refractivity contribution in [1.82, 2.24) is 10.0 Å². The summed E-state index contributed by atoms with van der Waals surface area (Å²) in [4.78, 5) is 11.5. The third kappa shape index (κ3) is 4.38. The van der Waals surface area contributed by atoms with Crippen molar-refractivity contribution in [2.45, 2.75) is 11.4 Å². The van der Waals surface area contributed by atoms with Crippen molar-refractivity contribution in [3.8, 4) is 6.07 Å². The standard InChI is InChI=1S/C16H14FN3O3S/c17-14-7-3-1-6-13(14)10-19-16(21)11-20-24(22,23)15-8-4-2-5-12(15)9-18/h1-8,20H,10-11H2,(H,19,21). The van der Waals surface area contributed by atoms with Gasteiger partial charge in [0.2, 0.25) is 15.9 Å². The average molecular weight is 347 g/mol. The van der Waals surface area contributed by atoms with Crippen LogP contribution in [0.1, 0.15) is 11.1 Å². The molecule has 0 aromatic heterocycles. The van der Waals surface area contributed by atoms with Crippen LogP contribution in [0, 0.1) is 17.1 Å². The Morgan fingerprint density at radius 1 is 1.12 bits per heavy atom. The van der Waals surface area contributed by atoms with Crippen LogP contribution in [-0.4, -0.2) is 20.9 Å². The van der Waals surface area contributed by atoms with Crippen LogP contribution in [0.25, 0.3) is 0 Å². The molecule has 0 aliphatic rings. The van der Waals surface area contributed by atoms with Crippen LogP contribution in [-0.2, 0) is 21.4 Å². The first-order valence-corrected chi connectivity index (χ1v) is 8.41. The summed E-state index contributed by atoms with van der Waals surface area (Å²) < 4.78 is 39.8. The van der Waals surface area contributed by atoms with Crippen molar-refractivity contribution in [1.29, 1.82) is 5.26 Å². The molecule has 0 spiro atoms. The molecule has 2 rings (SSSR count). The van der Waals surface area contributed by atoms with E-state index in [-0.39, 0.29) is 17.0 Å². The highest BCUT2D eigenvalue weighted by Gasteiger charge is 2.19. The number of rotatable bonds is 6. The Kier molecular flexibility index (Phi) is 5.63. The number of halogens is 1. The third-order valence-corrected chi connectivity index (χ3v) is 4.61. The fraction of sp³-hybridized carbons (Fsp3) is 0.125. The molecule has 0 saturated heterocycles. The number of hydrogen-bond donors (Lipinski definition) is 2. The molecule has 0 saturated carbocycles. The lowest BCUT2D eigenvalue weighted by Crippen LogP contribution is -2.36. The number of nitrogens with one attached hydrogen (secondary N) is 2. The Bertz CT molecular complexity index is 891. The zero-order valence-electron chi connectivity index (χ0n) is 12.5. The maximum atomic E-state index is 13.4. The largest absolute Gasteiger partial charge is 0.351 e. The number of sulfonamides is 1. The number of nitriles is 1. The Labute approximate surface area is 139 Å². The van der Waals surface area contributed by atoms with Gasteiger partial charge in [0.15, 0.2) is 0 Å². The molecule has 0 unspecified atom stereocenters. The van der Waals surface area contributed by atoms with E-state index < -0.39 is 28.3 Å². The highest BCUT2D eigenvalue weighted by atomic mass is 32.2. The number of carbonyl (C=O) groups excluding carboxylic acids is 1. The van der Waals surface area contributed by atoms with Crippen LogP contribution in [0.2, 0.25) is 0 Å². The summed E-state index contributed by atoms with van der Waals surface area (Å²) in [7, 11) is -4.00. The molecule has 124 valence electrons. The van der Waals surface area contributed by atoms with E-state index in [1.165, 1.54) is 36.4 Å². The summed E-state index contributed by atoms with van der Waals surface area (Å²) in [6.45, 7) is -0.571. The number of benzene rings is 2. The Balaban J connectivity index is 1.96. The van der Waals surface area contributed by atoms with Gasteiger partial charge in [0.1, 0.15) is 11.9 Å². The zero-order chi connectivity index (χ0) is 17.6. The summed E-state index contributed by atoms with van der Waals surface area (Å²) >= 11 is 0. The molecule has 8 heteroatoms. The van der Waals surface area contributed by atoms with E-state index in [0.29, 0.717) is 5.56 Å². The highest BCUT2D eigenvalue weighted by Crippen LogP contribution is 2.13. The Morgan fingerprint density at radius 2 is 1.79 bits per heavy atom. The van der Waals surface area contributed by atoms with Crippen molar-refractivity contribution in [3.63, 3.8) is 0 Å². The van der Waals surface area contributed by atoms with Crippen molar-refractivity contribution in [2.75, 3.05) is 6.54 Å². The highest BCUT2D eigenvalue weighted by molar-refractivity contribution is 7.89. The first kappa shape index (κ1) is 17.6. The van der Waals surface area contributed by atoms with Gasteiger partial charge in [-0.3, -0.25) is 4.79 Å². The molecule has 0 radical (unpaired) electrons. The summed E-state index contributed by atoms with van der Waals surface area (Å²) in [6, 6.07) is 13.4. The molecular formula is C16H14FN3O3S. The van der Waals surface area contributed by atoms with E-state index in [1.54, 1.807) is 18.2 Å². The van der Waals surface area contributed by atoms with E-state index in [9.17, 15) is 17.6 Å². The first-order chi connectivity index (χ1) is 11.4. The summed E-state index contributed by atoms with van der Waals surface area (Å²) in [5.41, 5.74) is 0.278. The molecule has 6 nitrogen and oxygen atoms in total. The van der Waals surface area contributed by atoms with Gasteiger partial charge in [-0.25, -0.2) is 17.5 Å². The molecule has 24 heavy (non-hydrogen) atoms. The maximum Gasteiger partial charge on any atom is 0.242 e. The number of carbonyl (C=O) groups is 1. The van der Waals surface area contributed by atoms with Crippen molar-refractivity contribution in [3.05, 3.63) is 65.5 Å². The second kappa shape index (κ2) is 7.68. The van der Waals surface area contributed by atoms with Crippen LogP contribution in [0.3, 0.4) is 0 Å². The van der Waals surface area contributed by atoms with E-state index in [1.807, 2.05) is 0 Å². The van der Waals surface area contributed by atoms with Gasteiger partial charge >= 0.3 is 0 Å². The summed E-state index contributed by atoms with van der Waals surface area (Å²) in [5, 5.41) is 11.4. The monoisotopic (exact) mass is 347 g/mol. The van der Waals surface area contributed by atoms with E-state index >= 15 is 0 Å². The predicted octanol–water partition coefficient (Wildman–Crippen LogP) is 1.29. The Hall–Kier alpha value is -2.76. The third-order valence-electron chi connectivity index (χ3n) is 3.15. The summed E-state index contributed by atoms with van der Waals surface area (Å²) in [5.74, 6) is -1.07. The average Bonchev–Trinajstić information content (AvgIpc) is 2.59. The van der Waals surface area contributed by atoms with Crippen LogP contribution < -0.4 is 10.0 Å². The molecule has 2 aromatic carbocycles. The van der Waals surface area contributed by atoms with Gasteiger partial charge in [-0.2, -0.15) is 5.26 Å². The lowest BCUT2D eigenvalue weighted by Gasteiger charge is -2.09. The quantitative estimate of drug-likeness (QED) is 0.822. The summed E-state index contributed by atoms with van der Waals surface area (Å²) in [6.07, 6.45) is 0. The normalized spacial score (nSPS) is 10.8. The number of nitrogens with zero attached hydrogens (tertiary/aromatic N) is 1. The minimum atomic E-state index is -4.00. The van der Waals surface area contributed by atoms with Crippen LogP contribution >= 0.6 is 0 Å². The van der Waals surface area contributed by atoms with Gasteiger partial charge in [-0.05, 0) is 18.2 Å². The molecule has 0 aliphatic heterocycles. The minimum absolute atomic E-state index is 0.0169. The Morgan fingerprint density at radius 3 is 2.50 bits per heavy atom. The fourth-order valence-electron chi connectivity index (χ4n) is 1.93. The van der Waals surface area contributed by atoms with Gasteiger partial charge in [0.05, 0.1) is 17.0 Å². The van der Waals surface area contributed by atoms with Crippen molar-refractivity contribution >= 4 is 15.9 Å². The van der Waals surface area contributed by atoms with E-state index in [4.69, 9.17) is 5.26 Å². The topological polar surface area (TPSA) is 99.1 Å². The molecule has 0 aliphatic carbocycles. The van der Waals surface area contributed by atoms with Crippen LogP contribution in [0.5, 0.6) is 0 Å². The molecule has 0 bridgehead atoms. The maximum absolute atomic E-state index is 13.4. The molecule has 2 aromatic rings. The predicted molar refractivity (Wildman–Crippen MR) is 84.6 cm³/mol. The molecule has 1 amide bonds. The van der Waals surface area contributed by atoms with Gasteiger partial charge in [0.25, 0.3) is 0 Å². The molecule has 0 heterocycles. The molecule has 0 atom stereocenters. The van der Waals surface area contributed by atoms with Gasteiger partial charge in [-0.15, -0.1) is 0 Å². The first-order valence-electron chi connectivity index (χ1n) is 6.93. The van der Waals surface area contributed by atoms with Crippen LogP contribution in [0.15, 0.2) is 53.4 Å². The van der Waals surface area contributed by atoms with Crippen molar-refractivity contribution in [2.24, 2.45) is 0 Å². The smallest absolute Gasteiger partial charge is 0.242 e.